The van der Waals surface area contributed by atoms with Crippen LogP contribution in [0, 0.1) is 13.8 Å². The normalized spacial score (nSPS) is 11.7. The Morgan fingerprint density at radius 3 is 1.46 bits per heavy atom. The second-order valence-electron chi connectivity index (χ2n) is 17.0. The Morgan fingerprint density at radius 2 is 0.815 bits per heavy atom. The Labute approximate surface area is 379 Å². The maximum Gasteiger partial charge on any atom is 0.137 e. The van der Waals surface area contributed by atoms with Crippen LogP contribution in [0.5, 0.6) is 11.5 Å². The van der Waals surface area contributed by atoms with Gasteiger partial charge in [-0.3, -0.25) is 0 Å². The Morgan fingerprint density at radius 1 is 0.292 bits per heavy atom. The van der Waals surface area contributed by atoms with Crippen LogP contribution < -0.4 is 14.5 Å². The molecule has 0 aromatic heterocycles. The van der Waals surface area contributed by atoms with Crippen LogP contribution in [0.4, 0.5) is 34.1 Å². The van der Waals surface area contributed by atoms with Crippen LogP contribution in [0.2, 0.25) is 0 Å². The molecule has 1 aliphatic heterocycles. The SMILES string of the molecule is Cc1ccc2c(N(c3ccccc3)c3ccccc3-c3ccccc3)cc3c4cc(C)cc5c4c(cc3c2c1)-c1ccc(N(c2ccccc2)c2ccccc2-c2ccccc2)cc1O5. The Kier molecular flexibility index (Phi) is 9.28. The first kappa shape index (κ1) is 38.3. The predicted molar refractivity (Wildman–Crippen MR) is 274 cm³/mol. The Bertz CT molecular complexity index is 3590. The molecule has 11 aromatic carbocycles. The van der Waals surface area contributed by atoms with Gasteiger partial charge in [-0.05, 0) is 124 Å². The summed E-state index contributed by atoms with van der Waals surface area (Å²) in [6, 6.07) is 83.2. The number of nitrogens with zero attached hydrogens (tertiary/aromatic N) is 2. The standard InChI is InChI=1S/C62H44N2O/c1-41-31-33-50-52(35-41)53-39-56-51-34-32-47(63(45-23-11-5-12-24-45)57-29-17-15-27-48(57)43-19-7-3-8-20-43)38-60(51)65-61-37-42(2)36-55(62(56)61)54(53)40-59(50)64(46-25-13-6-14-26-46)58-30-18-16-28-49(58)44-21-9-4-10-22-44/h3-40H,1-2H3. The summed E-state index contributed by atoms with van der Waals surface area (Å²) in [5, 5.41) is 7.12. The second-order valence-corrected chi connectivity index (χ2v) is 17.0. The van der Waals surface area contributed by atoms with Crippen molar-refractivity contribution in [1.82, 2.24) is 0 Å². The van der Waals surface area contributed by atoms with Gasteiger partial charge in [-0.2, -0.15) is 0 Å². The largest absolute Gasteiger partial charge is 0.456 e. The van der Waals surface area contributed by atoms with E-state index in [9.17, 15) is 0 Å². The molecule has 0 saturated heterocycles. The molecule has 0 fully saturated rings. The average Bonchev–Trinajstić information content (AvgIpc) is 3.35. The lowest BCUT2D eigenvalue weighted by Gasteiger charge is -2.31. The number of benzene rings is 11. The van der Waals surface area contributed by atoms with Crippen LogP contribution in [0.3, 0.4) is 0 Å². The van der Waals surface area contributed by atoms with Gasteiger partial charge in [0.2, 0.25) is 0 Å². The van der Waals surface area contributed by atoms with Gasteiger partial charge >= 0.3 is 0 Å². The van der Waals surface area contributed by atoms with Gasteiger partial charge in [0.05, 0.1) is 17.1 Å². The molecular weight excluding hydrogens is 789 g/mol. The number of ether oxygens (including phenoxy) is 1. The molecule has 0 atom stereocenters. The summed E-state index contributed by atoms with van der Waals surface area (Å²) >= 11 is 0. The summed E-state index contributed by atoms with van der Waals surface area (Å²) < 4.78 is 7.11. The smallest absolute Gasteiger partial charge is 0.137 e. The number of para-hydroxylation sites is 4. The first-order valence-electron chi connectivity index (χ1n) is 22.3. The van der Waals surface area contributed by atoms with Crippen molar-refractivity contribution in [2.24, 2.45) is 0 Å². The molecule has 0 aliphatic carbocycles. The third-order valence-electron chi connectivity index (χ3n) is 12.9. The van der Waals surface area contributed by atoms with Crippen molar-refractivity contribution in [1.29, 1.82) is 0 Å². The number of hydrogen-bond acceptors (Lipinski definition) is 3. The third-order valence-corrected chi connectivity index (χ3v) is 12.9. The monoisotopic (exact) mass is 832 g/mol. The highest BCUT2D eigenvalue weighted by Gasteiger charge is 2.27. The summed E-state index contributed by atoms with van der Waals surface area (Å²) in [6.07, 6.45) is 0. The van der Waals surface area contributed by atoms with Crippen molar-refractivity contribution >= 4 is 66.4 Å². The van der Waals surface area contributed by atoms with E-state index in [1.807, 2.05) is 0 Å². The molecule has 12 rings (SSSR count). The molecule has 0 bridgehead atoms. The van der Waals surface area contributed by atoms with Crippen molar-refractivity contribution in [3.8, 4) is 44.9 Å². The number of aryl methyl sites for hydroxylation is 2. The maximum atomic E-state index is 7.11. The van der Waals surface area contributed by atoms with Gasteiger partial charge in [0, 0.05) is 50.6 Å². The maximum absolute atomic E-state index is 7.11. The summed E-state index contributed by atoms with van der Waals surface area (Å²) in [5.74, 6) is 1.71. The van der Waals surface area contributed by atoms with Gasteiger partial charge in [-0.15, -0.1) is 0 Å². The van der Waals surface area contributed by atoms with Gasteiger partial charge in [-0.25, -0.2) is 0 Å². The van der Waals surface area contributed by atoms with E-state index < -0.39 is 0 Å². The highest BCUT2D eigenvalue weighted by molar-refractivity contribution is 6.26. The Hall–Kier alpha value is -8.40. The fraction of sp³-hybridized carbons (Fsp3) is 0.0323. The second kappa shape index (κ2) is 15.7. The van der Waals surface area contributed by atoms with Crippen LogP contribution in [-0.2, 0) is 0 Å². The molecule has 65 heavy (non-hydrogen) atoms. The number of rotatable bonds is 8. The minimum atomic E-state index is 0.837. The topological polar surface area (TPSA) is 15.7 Å². The van der Waals surface area contributed by atoms with Crippen LogP contribution in [0.25, 0.3) is 65.7 Å². The zero-order chi connectivity index (χ0) is 43.4. The fourth-order valence-corrected chi connectivity index (χ4v) is 9.98. The van der Waals surface area contributed by atoms with Gasteiger partial charge in [-0.1, -0.05) is 163 Å². The third kappa shape index (κ3) is 6.60. The minimum absolute atomic E-state index is 0.837. The van der Waals surface area contributed by atoms with Gasteiger partial charge in [0.25, 0.3) is 0 Å². The van der Waals surface area contributed by atoms with Gasteiger partial charge < -0.3 is 14.5 Å². The first-order chi connectivity index (χ1) is 32.1. The lowest BCUT2D eigenvalue weighted by Crippen LogP contribution is -2.12. The average molecular weight is 833 g/mol. The lowest BCUT2D eigenvalue weighted by molar-refractivity contribution is 0.487. The van der Waals surface area contributed by atoms with Crippen molar-refractivity contribution in [2.45, 2.75) is 13.8 Å². The van der Waals surface area contributed by atoms with E-state index in [1.54, 1.807) is 0 Å². The van der Waals surface area contributed by atoms with Crippen LogP contribution in [0.1, 0.15) is 11.1 Å². The molecule has 0 unspecified atom stereocenters. The molecule has 0 amide bonds. The molecule has 1 heterocycles. The highest BCUT2D eigenvalue weighted by Crippen LogP contribution is 2.54. The zero-order valence-electron chi connectivity index (χ0n) is 36.2. The molecule has 3 nitrogen and oxygen atoms in total. The zero-order valence-corrected chi connectivity index (χ0v) is 36.2. The number of anilines is 6. The van der Waals surface area contributed by atoms with Crippen molar-refractivity contribution in [3.05, 3.63) is 242 Å². The van der Waals surface area contributed by atoms with E-state index in [1.165, 1.54) is 54.7 Å². The van der Waals surface area contributed by atoms with Crippen molar-refractivity contribution in [3.63, 3.8) is 0 Å². The van der Waals surface area contributed by atoms with Crippen LogP contribution in [0.15, 0.2) is 231 Å². The van der Waals surface area contributed by atoms with Crippen LogP contribution in [-0.4, -0.2) is 0 Å². The minimum Gasteiger partial charge on any atom is -0.456 e. The molecule has 0 saturated carbocycles. The van der Waals surface area contributed by atoms with E-state index in [4.69, 9.17) is 4.74 Å². The highest BCUT2D eigenvalue weighted by atomic mass is 16.5. The number of fused-ring (bicyclic) bond motifs is 6. The predicted octanol–water partition coefficient (Wildman–Crippen LogP) is 17.8. The Balaban J connectivity index is 1.09. The van der Waals surface area contributed by atoms with E-state index in [0.717, 1.165) is 67.7 Å². The van der Waals surface area contributed by atoms with E-state index in [-0.39, 0.29) is 0 Å². The molecule has 1 aliphatic rings. The summed E-state index contributed by atoms with van der Waals surface area (Å²) in [6.45, 7) is 4.38. The molecular formula is C62H44N2O. The quantitative estimate of drug-likeness (QED) is 0.142. The summed E-state index contributed by atoms with van der Waals surface area (Å²) in [7, 11) is 0. The van der Waals surface area contributed by atoms with Gasteiger partial charge in [0.1, 0.15) is 11.5 Å². The summed E-state index contributed by atoms with van der Waals surface area (Å²) in [5.41, 5.74) is 15.8. The molecule has 0 N–H and O–H groups in total. The molecule has 308 valence electrons. The summed E-state index contributed by atoms with van der Waals surface area (Å²) in [4.78, 5) is 4.80. The van der Waals surface area contributed by atoms with Crippen LogP contribution >= 0.6 is 0 Å². The van der Waals surface area contributed by atoms with Gasteiger partial charge in [0.15, 0.2) is 0 Å². The fourth-order valence-electron chi connectivity index (χ4n) is 9.98. The van der Waals surface area contributed by atoms with E-state index >= 15 is 0 Å². The first-order valence-corrected chi connectivity index (χ1v) is 22.3. The van der Waals surface area contributed by atoms with E-state index in [2.05, 4.69) is 254 Å². The lowest BCUT2D eigenvalue weighted by atomic mass is 9.87. The van der Waals surface area contributed by atoms with Crippen molar-refractivity contribution < 1.29 is 4.74 Å². The van der Waals surface area contributed by atoms with E-state index in [0.29, 0.717) is 0 Å². The molecule has 3 heteroatoms. The molecule has 0 radical (unpaired) electrons. The molecule has 11 aromatic rings. The molecule has 0 spiro atoms. The number of hydrogen-bond donors (Lipinski definition) is 0. The van der Waals surface area contributed by atoms with Crippen molar-refractivity contribution in [2.75, 3.05) is 9.80 Å².